The Hall–Kier alpha value is -3.94. The molecular formula is C28H28F6N6O2. The predicted molar refractivity (Wildman–Crippen MR) is 137 cm³/mol. The Morgan fingerprint density at radius 3 is 2.33 bits per heavy atom. The number of alkyl halides is 3. The second kappa shape index (κ2) is 11.4. The highest BCUT2D eigenvalue weighted by Gasteiger charge is 2.50. The van der Waals surface area contributed by atoms with E-state index in [1.54, 1.807) is 0 Å². The third-order valence-corrected chi connectivity index (χ3v) is 8.10. The maximum Gasteiger partial charge on any atom is 0.451 e. The number of amides is 2. The maximum atomic E-state index is 14.9. The summed E-state index contributed by atoms with van der Waals surface area (Å²) in [4.78, 5) is 28.7. The minimum Gasteiger partial charge on any atom is -0.370 e. The number of halogens is 6. The molecule has 2 aliphatic rings. The number of benzene rings is 2. The lowest BCUT2D eigenvalue weighted by molar-refractivity contribution is -0.148. The normalized spacial score (nSPS) is 19.7. The van der Waals surface area contributed by atoms with Crippen molar-refractivity contribution in [1.29, 1.82) is 0 Å². The van der Waals surface area contributed by atoms with E-state index in [0.29, 0.717) is 25.5 Å². The van der Waals surface area contributed by atoms with E-state index in [9.17, 15) is 35.9 Å². The summed E-state index contributed by atoms with van der Waals surface area (Å²) in [6, 6.07) is 9.97. The van der Waals surface area contributed by atoms with Gasteiger partial charge < -0.3 is 15.2 Å². The van der Waals surface area contributed by atoms with Crippen LogP contribution in [0.5, 0.6) is 0 Å². The van der Waals surface area contributed by atoms with Gasteiger partial charge in [-0.3, -0.25) is 14.5 Å². The van der Waals surface area contributed by atoms with Crippen molar-refractivity contribution in [1.82, 2.24) is 24.6 Å². The van der Waals surface area contributed by atoms with Gasteiger partial charge in [0.15, 0.2) is 17.5 Å². The summed E-state index contributed by atoms with van der Waals surface area (Å²) in [5.41, 5.74) is 5.07. The zero-order valence-electron chi connectivity index (χ0n) is 22.4. The van der Waals surface area contributed by atoms with Crippen LogP contribution in [0.3, 0.4) is 0 Å². The van der Waals surface area contributed by atoms with E-state index in [-0.39, 0.29) is 50.3 Å². The summed E-state index contributed by atoms with van der Waals surface area (Å²) in [5, 5.41) is 6.87. The minimum atomic E-state index is -4.69. The van der Waals surface area contributed by atoms with Gasteiger partial charge in [-0.25, -0.2) is 13.2 Å². The van der Waals surface area contributed by atoms with Crippen LogP contribution in [0.15, 0.2) is 42.5 Å². The molecule has 3 aromatic rings. The minimum absolute atomic E-state index is 0.0169. The van der Waals surface area contributed by atoms with E-state index >= 15 is 0 Å². The Bertz CT molecular complexity index is 1480. The number of nitrogens with zero attached hydrogens (tertiary/aromatic N) is 5. The molecule has 0 radical (unpaired) electrons. The number of carbonyl (C=O) groups excluding carboxylic acids is 2. The van der Waals surface area contributed by atoms with Gasteiger partial charge in [0, 0.05) is 50.1 Å². The van der Waals surface area contributed by atoms with Gasteiger partial charge in [0.1, 0.15) is 5.82 Å². The average molecular weight is 595 g/mol. The van der Waals surface area contributed by atoms with Gasteiger partial charge in [-0.1, -0.05) is 30.3 Å². The van der Waals surface area contributed by atoms with Gasteiger partial charge in [-0.05, 0) is 36.5 Å². The third-order valence-electron chi connectivity index (χ3n) is 8.10. The second-order valence-corrected chi connectivity index (χ2v) is 10.7. The van der Waals surface area contributed by atoms with Crippen molar-refractivity contribution >= 4 is 11.8 Å². The molecule has 2 atom stereocenters. The van der Waals surface area contributed by atoms with Crippen LogP contribution < -0.4 is 5.73 Å². The summed E-state index contributed by atoms with van der Waals surface area (Å²) in [7, 11) is 0. The molecule has 0 spiro atoms. The molecule has 2 amide bonds. The van der Waals surface area contributed by atoms with E-state index in [0.717, 1.165) is 16.2 Å². The molecule has 14 heteroatoms. The molecule has 2 aliphatic heterocycles. The Morgan fingerprint density at radius 2 is 1.69 bits per heavy atom. The smallest absolute Gasteiger partial charge is 0.370 e. The van der Waals surface area contributed by atoms with Gasteiger partial charge in [0.05, 0.1) is 6.54 Å². The number of fused-ring (bicyclic) bond motifs is 1. The quantitative estimate of drug-likeness (QED) is 0.297. The van der Waals surface area contributed by atoms with E-state index in [1.807, 2.05) is 35.2 Å². The molecule has 1 saturated heterocycles. The van der Waals surface area contributed by atoms with Crippen LogP contribution in [0.4, 0.5) is 26.3 Å². The van der Waals surface area contributed by atoms with Crippen molar-refractivity contribution in [2.75, 3.05) is 13.1 Å². The molecule has 0 saturated carbocycles. The van der Waals surface area contributed by atoms with E-state index in [1.165, 1.54) is 4.90 Å². The number of primary amides is 1. The molecule has 3 heterocycles. The fourth-order valence-electron chi connectivity index (χ4n) is 5.97. The number of nitrogens with two attached hydrogens (primary N) is 1. The first-order valence-corrected chi connectivity index (χ1v) is 13.4. The van der Waals surface area contributed by atoms with Crippen molar-refractivity contribution in [3.8, 4) is 0 Å². The van der Waals surface area contributed by atoms with E-state index in [2.05, 4.69) is 10.2 Å². The lowest BCUT2D eigenvalue weighted by Gasteiger charge is -2.57. The summed E-state index contributed by atoms with van der Waals surface area (Å²) in [6.45, 7) is 0.0521. The van der Waals surface area contributed by atoms with Crippen LogP contribution in [0.2, 0.25) is 0 Å². The van der Waals surface area contributed by atoms with Gasteiger partial charge in [0.25, 0.3) is 0 Å². The molecule has 42 heavy (non-hydrogen) atoms. The fourth-order valence-corrected chi connectivity index (χ4v) is 5.97. The van der Waals surface area contributed by atoms with Gasteiger partial charge >= 0.3 is 6.18 Å². The van der Waals surface area contributed by atoms with Crippen molar-refractivity contribution in [3.63, 3.8) is 0 Å². The SMILES string of the molecule is NC(=O)CCC(c1ccccc1)N1CCC1(CC(=O)N1CCn2c(nnc2C(F)(F)F)C1)Cc1cc(F)c(F)cc1F. The first kappa shape index (κ1) is 29.5. The number of hydrogen-bond acceptors (Lipinski definition) is 5. The number of aromatic nitrogens is 3. The maximum absolute atomic E-state index is 14.9. The molecule has 1 aromatic heterocycles. The lowest BCUT2D eigenvalue weighted by Crippen LogP contribution is -2.64. The van der Waals surface area contributed by atoms with Crippen LogP contribution >= 0.6 is 0 Å². The Kier molecular flexibility index (Phi) is 8.01. The Labute approximate surface area is 237 Å². The van der Waals surface area contributed by atoms with Gasteiger partial charge in [-0.2, -0.15) is 13.2 Å². The molecule has 5 rings (SSSR count). The zero-order valence-corrected chi connectivity index (χ0v) is 22.4. The molecule has 8 nitrogen and oxygen atoms in total. The largest absolute Gasteiger partial charge is 0.451 e. The van der Waals surface area contributed by atoms with Crippen molar-refractivity contribution in [2.45, 2.75) is 63.0 Å². The first-order valence-electron chi connectivity index (χ1n) is 13.4. The summed E-state index contributed by atoms with van der Waals surface area (Å²) in [6.07, 6.45) is -4.32. The highest BCUT2D eigenvalue weighted by Crippen LogP contribution is 2.46. The van der Waals surface area contributed by atoms with Crippen LogP contribution in [-0.2, 0) is 35.3 Å². The number of rotatable bonds is 9. The van der Waals surface area contributed by atoms with Crippen molar-refractivity contribution < 1.29 is 35.9 Å². The van der Waals surface area contributed by atoms with Gasteiger partial charge in [-0.15, -0.1) is 10.2 Å². The number of likely N-dealkylation sites (tertiary alicyclic amines) is 1. The van der Waals surface area contributed by atoms with Crippen molar-refractivity contribution in [3.05, 3.63) is 82.7 Å². The van der Waals surface area contributed by atoms with Crippen LogP contribution in [0.1, 0.15) is 54.5 Å². The van der Waals surface area contributed by atoms with Crippen LogP contribution in [0, 0.1) is 17.5 Å². The van der Waals surface area contributed by atoms with Crippen LogP contribution in [0.25, 0.3) is 0 Å². The molecule has 2 aromatic carbocycles. The molecular weight excluding hydrogens is 566 g/mol. The van der Waals surface area contributed by atoms with Gasteiger partial charge in [0.2, 0.25) is 17.6 Å². The van der Waals surface area contributed by atoms with E-state index < -0.39 is 52.8 Å². The fraction of sp³-hybridized carbons (Fsp3) is 0.429. The lowest BCUT2D eigenvalue weighted by atomic mass is 9.73. The molecule has 2 unspecified atom stereocenters. The molecule has 1 fully saturated rings. The average Bonchev–Trinajstić information content (AvgIpc) is 3.37. The first-order chi connectivity index (χ1) is 19.9. The standard InChI is InChI=1S/C28H28F6N6O2/c29-19-13-21(31)20(30)12-18(19)14-27(8-9-40(27)22(6-7-23(35)41)17-4-2-1-3-5-17)15-25(42)38-10-11-39-24(16-38)36-37-26(39)28(32,33)34/h1-5,12-13,22H,6-11,14-16H2,(H2,35,41). The Morgan fingerprint density at radius 1 is 0.976 bits per heavy atom. The molecule has 224 valence electrons. The Balaban J connectivity index is 1.46. The highest BCUT2D eigenvalue weighted by molar-refractivity contribution is 5.78. The summed E-state index contributed by atoms with van der Waals surface area (Å²) >= 11 is 0. The highest BCUT2D eigenvalue weighted by atomic mass is 19.4. The zero-order chi connectivity index (χ0) is 30.2. The van der Waals surface area contributed by atoms with Crippen molar-refractivity contribution in [2.24, 2.45) is 5.73 Å². The van der Waals surface area contributed by atoms with E-state index in [4.69, 9.17) is 5.73 Å². The topological polar surface area (TPSA) is 97.3 Å². The predicted octanol–water partition coefficient (Wildman–Crippen LogP) is 4.14. The summed E-state index contributed by atoms with van der Waals surface area (Å²) < 4.78 is 83.6. The number of hydrogen-bond donors (Lipinski definition) is 1. The second-order valence-electron chi connectivity index (χ2n) is 10.7. The molecule has 2 N–H and O–H groups in total. The van der Waals surface area contributed by atoms with Crippen LogP contribution in [-0.4, -0.2) is 55.0 Å². The molecule has 0 aliphatic carbocycles. The number of carbonyl (C=O) groups is 2. The third kappa shape index (κ3) is 5.85. The summed E-state index contributed by atoms with van der Waals surface area (Å²) in [5.74, 6) is -5.65. The monoisotopic (exact) mass is 594 g/mol. The molecule has 0 bridgehead atoms.